The molecule has 1 aliphatic heterocycles. The molecule has 3 aromatic carbocycles. The fourth-order valence-electron chi connectivity index (χ4n) is 5.01. The monoisotopic (exact) mass is 439 g/mol. The van der Waals surface area contributed by atoms with Crippen molar-refractivity contribution >= 4 is 11.3 Å². The van der Waals surface area contributed by atoms with Gasteiger partial charge in [0, 0.05) is 11.4 Å². The highest BCUT2D eigenvalue weighted by Crippen LogP contribution is 2.42. The maximum Gasteiger partial charge on any atom is 0.117 e. The second-order valence-electron chi connectivity index (χ2n) is 8.72. The fraction of sp³-hybridized carbons (Fsp3) is 0.241. The van der Waals surface area contributed by atoms with Crippen molar-refractivity contribution in [1.29, 1.82) is 0 Å². The van der Waals surface area contributed by atoms with Gasteiger partial charge in [0.1, 0.15) is 5.60 Å². The maximum absolute atomic E-state index is 12.1. The molecule has 0 saturated carbocycles. The zero-order valence-corrected chi connectivity index (χ0v) is 19.0. The summed E-state index contributed by atoms with van der Waals surface area (Å²) in [7, 11) is 0. The van der Waals surface area contributed by atoms with Crippen molar-refractivity contribution in [1.82, 2.24) is 4.90 Å². The second-order valence-corrected chi connectivity index (χ2v) is 9.67. The highest BCUT2D eigenvalue weighted by atomic mass is 32.1. The van der Waals surface area contributed by atoms with Gasteiger partial charge in [-0.2, -0.15) is 0 Å². The Morgan fingerprint density at radius 3 is 1.88 bits per heavy atom. The first kappa shape index (κ1) is 21.1. The van der Waals surface area contributed by atoms with Crippen molar-refractivity contribution < 1.29 is 5.11 Å². The van der Waals surface area contributed by atoms with Gasteiger partial charge in [-0.3, -0.25) is 4.90 Å². The SMILES string of the molecule is OC(c1ccccc1)(c1ccccc1)C1CCN(Cc2ccc(-c3cccs3)cc2)CC1. The van der Waals surface area contributed by atoms with E-state index in [0.29, 0.717) is 0 Å². The predicted octanol–water partition coefficient (Wildman–Crippen LogP) is 6.56. The number of hydrogen-bond acceptors (Lipinski definition) is 3. The average molecular weight is 440 g/mol. The van der Waals surface area contributed by atoms with Crippen molar-refractivity contribution in [2.75, 3.05) is 13.1 Å². The number of thiophene rings is 1. The Kier molecular flexibility index (Phi) is 6.22. The molecule has 1 aliphatic rings. The van der Waals surface area contributed by atoms with Crippen LogP contribution in [0.25, 0.3) is 10.4 Å². The van der Waals surface area contributed by atoms with Crippen LogP contribution in [0.15, 0.2) is 102 Å². The second kappa shape index (κ2) is 9.41. The van der Waals surface area contributed by atoms with E-state index in [9.17, 15) is 5.11 Å². The molecule has 1 fully saturated rings. The zero-order chi connectivity index (χ0) is 21.8. The molecule has 5 rings (SSSR count). The van der Waals surface area contributed by atoms with Crippen LogP contribution in [-0.2, 0) is 12.1 Å². The Labute approximate surface area is 194 Å². The van der Waals surface area contributed by atoms with Crippen LogP contribution < -0.4 is 0 Å². The van der Waals surface area contributed by atoms with Crippen LogP contribution in [0.4, 0.5) is 0 Å². The summed E-state index contributed by atoms with van der Waals surface area (Å²) in [5.41, 5.74) is 3.68. The topological polar surface area (TPSA) is 23.5 Å². The van der Waals surface area contributed by atoms with Crippen LogP contribution in [0.1, 0.15) is 29.5 Å². The van der Waals surface area contributed by atoms with E-state index < -0.39 is 5.60 Å². The van der Waals surface area contributed by atoms with E-state index in [1.165, 1.54) is 16.0 Å². The van der Waals surface area contributed by atoms with E-state index in [2.05, 4.69) is 70.9 Å². The first-order valence-corrected chi connectivity index (χ1v) is 12.3. The zero-order valence-electron chi connectivity index (χ0n) is 18.2. The third kappa shape index (κ3) is 4.29. The number of piperidine rings is 1. The van der Waals surface area contributed by atoms with Crippen molar-refractivity contribution in [3.8, 4) is 10.4 Å². The molecule has 0 bridgehead atoms. The molecule has 0 amide bonds. The van der Waals surface area contributed by atoms with E-state index in [-0.39, 0.29) is 5.92 Å². The highest BCUT2D eigenvalue weighted by molar-refractivity contribution is 7.13. The first-order valence-electron chi connectivity index (χ1n) is 11.4. The number of hydrogen-bond donors (Lipinski definition) is 1. The molecule has 1 saturated heterocycles. The molecule has 32 heavy (non-hydrogen) atoms. The lowest BCUT2D eigenvalue weighted by atomic mass is 9.72. The minimum absolute atomic E-state index is 0.199. The number of rotatable bonds is 6. The highest BCUT2D eigenvalue weighted by Gasteiger charge is 2.41. The third-order valence-electron chi connectivity index (χ3n) is 6.77. The summed E-state index contributed by atoms with van der Waals surface area (Å²) in [6.45, 7) is 2.96. The van der Waals surface area contributed by atoms with Gasteiger partial charge in [0.2, 0.25) is 0 Å². The molecule has 4 aromatic rings. The van der Waals surface area contributed by atoms with Gasteiger partial charge in [0.15, 0.2) is 0 Å². The molecule has 1 N–H and O–H groups in total. The van der Waals surface area contributed by atoms with Gasteiger partial charge < -0.3 is 5.11 Å². The van der Waals surface area contributed by atoms with Crippen LogP contribution in [0, 0.1) is 5.92 Å². The number of benzene rings is 3. The Hall–Kier alpha value is -2.72. The molecular weight excluding hydrogens is 410 g/mol. The largest absolute Gasteiger partial charge is 0.380 e. The Morgan fingerprint density at radius 1 is 0.750 bits per heavy atom. The van der Waals surface area contributed by atoms with Gasteiger partial charge in [-0.15, -0.1) is 11.3 Å². The Bertz CT molecular complexity index is 1060. The van der Waals surface area contributed by atoms with Gasteiger partial charge in [0.05, 0.1) is 0 Å². The molecule has 3 heteroatoms. The summed E-state index contributed by atoms with van der Waals surface area (Å²) in [5.74, 6) is 0.199. The van der Waals surface area contributed by atoms with E-state index >= 15 is 0 Å². The number of nitrogens with zero attached hydrogens (tertiary/aromatic N) is 1. The molecule has 0 atom stereocenters. The lowest BCUT2D eigenvalue weighted by molar-refractivity contribution is -0.0152. The van der Waals surface area contributed by atoms with Crippen molar-refractivity contribution in [3.05, 3.63) is 119 Å². The lowest BCUT2D eigenvalue weighted by Crippen LogP contribution is -2.44. The maximum atomic E-state index is 12.1. The summed E-state index contributed by atoms with van der Waals surface area (Å²) in [6, 6.07) is 33.6. The minimum atomic E-state index is -0.947. The molecule has 1 aromatic heterocycles. The lowest BCUT2D eigenvalue weighted by Gasteiger charge is -2.42. The van der Waals surface area contributed by atoms with Gasteiger partial charge in [-0.25, -0.2) is 0 Å². The summed E-state index contributed by atoms with van der Waals surface area (Å²) in [4.78, 5) is 3.84. The van der Waals surface area contributed by atoms with Crippen molar-refractivity contribution in [3.63, 3.8) is 0 Å². The van der Waals surface area contributed by atoms with Gasteiger partial charge in [-0.05, 0) is 65.5 Å². The number of likely N-dealkylation sites (tertiary alicyclic amines) is 1. The normalized spacial score (nSPS) is 15.7. The van der Waals surface area contributed by atoms with Crippen LogP contribution in [0.2, 0.25) is 0 Å². The molecule has 0 aliphatic carbocycles. The van der Waals surface area contributed by atoms with Crippen molar-refractivity contribution in [2.24, 2.45) is 5.92 Å². The quantitative estimate of drug-likeness (QED) is 0.368. The first-order chi connectivity index (χ1) is 15.7. The van der Waals surface area contributed by atoms with E-state index in [4.69, 9.17) is 0 Å². The van der Waals surface area contributed by atoms with Crippen LogP contribution in [-0.4, -0.2) is 23.1 Å². The minimum Gasteiger partial charge on any atom is -0.380 e. The summed E-state index contributed by atoms with van der Waals surface area (Å²) in [5, 5.41) is 14.2. The van der Waals surface area contributed by atoms with Gasteiger partial charge in [-0.1, -0.05) is 91.0 Å². The molecule has 0 spiro atoms. The summed E-state index contributed by atoms with van der Waals surface area (Å²) in [6.07, 6.45) is 1.96. The fourth-order valence-corrected chi connectivity index (χ4v) is 5.74. The smallest absolute Gasteiger partial charge is 0.117 e. The predicted molar refractivity (Wildman–Crippen MR) is 134 cm³/mol. The standard InChI is InChI=1S/C29H29NOS/c31-29(25-8-3-1-4-9-25,26-10-5-2-6-11-26)27-17-19-30(20-18-27)22-23-13-15-24(16-14-23)28-12-7-21-32-28/h1-16,21,27,31H,17-20,22H2. The van der Waals surface area contributed by atoms with Crippen molar-refractivity contribution in [2.45, 2.75) is 25.0 Å². The molecule has 0 unspecified atom stereocenters. The Balaban J connectivity index is 1.28. The number of aliphatic hydroxyl groups is 1. The van der Waals surface area contributed by atoms with E-state index in [0.717, 1.165) is 43.6 Å². The van der Waals surface area contributed by atoms with Crippen LogP contribution >= 0.6 is 11.3 Å². The summed E-state index contributed by atoms with van der Waals surface area (Å²) < 4.78 is 0. The van der Waals surface area contributed by atoms with Gasteiger partial charge in [0.25, 0.3) is 0 Å². The van der Waals surface area contributed by atoms with Crippen LogP contribution in [0.5, 0.6) is 0 Å². The average Bonchev–Trinajstić information content (AvgIpc) is 3.41. The molecular formula is C29H29NOS. The van der Waals surface area contributed by atoms with Crippen LogP contribution in [0.3, 0.4) is 0 Å². The molecule has 162 valence electrons. The summed E-state index contributed by atoms with van der Waals surface area (Å²) >= 11 is 1.78. The van der Waals surface area contributed by atoms with E-state index in [1.54, 1.807) is 11.3 Å². The Morgan fingerprint density at radius 2 is 1.34 bits per heavy atom. The molecule has 2 nitrogen and oxygen atoms in total. The van der Waals surface area contributed by atoms with Gasteiger partial charge >= 0.3 is 0 Å². The molecule has 0 radical (unpaired) electrons. The molecule has 2 heterocycles. The van der Waals surface area contributed by atoms with E-state index in [1.807, 2.05) is 36.4 Å². The third-order valence-corrected chi connectivity index (χ3v) is 7.69.